The summed E-state index contributed by atoms with van der Waals surface area (Å²) in [5.41, 5.74) is 2.80. The predicted molar refractivity (Wildman–Crippen MR) is 103 cm³/mol. The highest BCUT2D eigenvalue weighted by atomic mass is 32.1. The first-order chi connectivity index (χ1) is 12.5. The fraction of sp³-hybridized carbons (Fsp3) is 0.211. The molecule has 0 aliphatic heterocycles. The van der Waals surface area contributed by atoms with Gasteiger partial charge in [-0.15, -0.1) is 0 Å². The van der Waals surface area contributed by atoms with E-state index in [2.05, 4.69) is 20.6 Å². The second-order valence-corrected chi connectivity index (χ2v) is 6.81. The van der Waals surface area contributed by atoms with Gasteiger partial charge >= 0.3 is 0 Å². The van der Waals surface area contributed by atoms with Crippen molar-refractivity contribution >= 4 is 28.2 Å². The first-order valence-electron chi connectivity index (χ1n) is 8.13. The zero-order valence-electron chi connectivity index (χ0n) is 14.9. The number of hydrogen-bond donors (Lipinski definition) is 2. The van der Waals surface area contributed by atoms with E-state index in [1.54, 1.807) is 13.3 Å². The fourth-order valence-corrected chi connectivity index (χ4v) is 3.27. The molecule has 0 atom stereocenters. The minimum Gasteiger partial charge on any atom is -0.497 e. The van der Waals surface area contributed by atoms with E-state index in [-0.39, 0.29) is 5.91 Å². The molecule has 0 bridgehead atoms. The summed E-state index contributed by atoms with van der Waals surface area (Å²) in [6.45, 7) is 4.27. The SMILES string of the molecule is COc1ccc(CNC(=O)c2sc(Nc3cc(C)ccn3)nc2C)cc1. The minimum atomic E-state index is -0.138. The van der Waals surface area contributed by atoms with Gasteiger partial charge in [-0.2, -0.15) is 0 Å². The van der Waals surface area contributed by atoms with Crippen LogP contribution in [0.15, 0.2) is 42.6 Å². The van der Waals surface area contributed by atoms with Crippen molar-refractivity contribution in [3.8, 4) is 5.75 Å². The molecule has 3 rings (SSSR count). The molecule has 0 saturated carbocycles. The van der Waals surface area contributed by atoms with E-state index in [0.29, 0.717) is 28.1 Å². The quantitative estimate of drug-likeness (QED) is 0.691. The van der Waals surface area contributed by atoms with Crippen LogP contribution in [0.25, 0.3) is 0 Å². The van der Waals surface area contributed by atoms with Crippen LogP contribution in [0.5, 0.6) is 5.75 Å². The second-order valence-electron chi connectivity index (χ2n) is 5.81. The Balaban J connectivity index is 1.64. The van der Waals surface area contributed by atoms with E-state index >= 15 is 0 Å². The Labute approximate surface area is 156 Å². The van der Waals surface area contributed by atoms with Gasteiger partial charge in [-0.1, -0.05) is 23.5 Å². The van der Waals surface area contributed by atoms with E-state index in [1.165, 1.54) is 11.3 Å². The van der Waals surface area contributed by atoms with E-state index in [0.717, 1.165) is 16.9 Å². The van der Waals surface area contributed by atoms with Crippen molar-refractivity contribution in [1.82, 2.24) is 15.3 Å². The molecular weight excluding hydrogens is 348 g/mol. The highest BCUT2D eigenvalue weighted by Crippen LogP contribution is 2.25. The lowest BCUT2D eigenvalue weighted by Gasteiger charge is -2.05. The lowest BCUT2D eigenvalue weighted by molar-refractivity contribution is 0.0954. The Bertz CT molecular complexity index is 906. The number of nitrogens with zero attached hydrogens (tertiary/aromatic N) is 2. The number of hydrogen-bond acceptors (Lipinski definition) is 6. The van der Waals surface area contributed by atoms with Crippen LogP contribution in [0.1, 0.15) is 26.5 Å². The first-order valence-corrected chi connectivity index (χ1v) is 8.95. The number of carbonyl (C=O) groups is 1. The van der Waals surface area contributed by atoms with Crippen LogP contribution >= 0.6 is 11.3 Å². The van der Waals surface area contributed by atoms with Gasteiger partial charge in [0.25, 0.3) is 5.91 Å². The third-order valence-corrected chi connectivity index (χ3v) is 4.84. The van der Waals surface area contributed by atoms with E-state index in [4.69, 9.17) is 4.74 Å². The molecule has 3 aromatic rings. The van der Waals surface area contributed by atoms with Gasteiger partial charge in [0.1, 0.15) is 16.4 Å². The number of methoxy groups -OCH3 is 1. The van der Waals surface area contributed by atoms with Crippen molar-refractivity contribution in [3.05, 3.63) is 64.3 Å². The number of ether oxygens (including phenoxy) is 1. The number of rotatable bonds is 6. The molecule has 0 fully saturated rings. The largest absolute Gasteiger partial charge is 0.497 e. The molecule has 0 aliphatic carbocycles. The number of aromatic nitrogens is 2. The monoisotopic (exact) mass is 368 g/mol. The van der Waals surface area contributed by atoms with Crippen LogP contribution in [0.4, 0.5) is 10.9 Å². The Hall–Kier alpha value is -2.93. The van der Waals surface area contributed by atoms with Gasteiger partial charge in [0, 0.05) is 12.7 Å². The number of pyridine rings is 1. The average Bonchev–Trinajstić information content (AvgIpc) is 3.00. The van der Waals surface area contributed by atoms with Gasteiger partial charge < -0.3 is 15.4 Å². The maximum absolute atomic E-state index is 12.5. The van der Waals surface area contributed by atoms with Gasteiger partial charge in [0.2, 0.25) is 0 Å². The van der Waals surface area contributed by atoms with E-state index < -0.39 is 0 Å². The molecule has 26 heavy (non-hydrogen) atoms. The first kappa shape index (κ1) is 17.9. The minimum absolute atomic E-state index is 0.138. The number of aryl methyl sites for hydroxylation is 2. The smallest absolute Gasteiger partial charge is 0.263 e. The van der Waals surface area contributed by atoms with Crippen LogP contribution in [-0.2, 0) is 6.54 Å². The summed E-state index contributed by atoms with van der Waals surface area (Å²) >= 11 is 1.32. The molecule has 2 N–H and O–H groups in total. The van der Waals surface area contributed by atoms with Crippen LogP contribution in [0.2, 0.25) is 0 Å². The summed E-state index contributed by atoms with van der Waals surface area (Å²) in [7, 11) is 1.63. The van der Waals surface area contributed by atoms with E-state index in [1.807, 2.05) is 50.2 Å². The molecule has 6 nitrogen and oxygen atoms in total. The summed E-state index contributed by atoms with van der Waals surface area (Å²) in [5, 5.41) is 6.73. The maximum atomic E-state index is 12.5. The molecule has 0 saturated heterocycles. The highest BCUT2D eigenvalue weighted by molar-refractivity contribution is 7.17. The average molecular weight is 368 g/mol. The number of amides is 1. The summed E-state index contributed by atoms with van der Waals surface area (Å²) in [6, 6.07) is 11.5. The molecule has 2 heterocycles. The lowest BCUT2D eigenvalue weighted by atomic mass is 10.2. The standard InChI is InChI=1S/C19H20N4O2S/c1-12-8-9-20-16(10-12)23-19-22-13(2)17(26-19)18(24)21-11-14-4-6-15(25-3)7-5-14/h4-10H,11H2,1-3H3,(H,21,24)(H,20,22,23). The molecule has 0 unspecified atom stereocenters. The summed E-state index contributed by atoms with van der Waals surface area (Å²) in [5.74, 6) is 1.36. The predicted octanol–water partition coefficient (Wildman–Crippen LogP) is 3.84. The molecule has 1 aromatic carbocycles. The number of benzene rings is 1. The van der Waals surface area contributed by atoms with Crippen molar-refractivity contribution in [1.29, 1.82) is 0 Å². The van der Waals surface area contributed by atoms with Crippen molar-refractivity contribution in [2.45, 2.75) is 20.4 Å². The molecule has 2 aromatic heterocycles. The van der Waals surface area contributed by atoms with Crippen molar-refractivity contribution in [2.24, 2.45) is 0 Å². The molecule has 134 valence electrons. The zero-order valence-corrected chi connectivity index (χ0v) is 15.7. The molecule has 0 aliphatic rings. The van der Waals surface area contributed by atoms with Crippen molar-refractivity contribution < 1.29 is 9.53 Å². The van der Waals surface area contributed by atoms with Crippen LogP contribution in [0.3, 0.4) is 0 Å². The lowest BCUT2D eigenvalue weighted by Crippen LogP contribution is -2.22. The number of anilines is 2. The highest BCUT2D eigenvalue weighted by Gasteiger charge is 2.15. The van der Waals surface area contributed by atoms with Crippen molar-refractivity contribution in [2.75, 3.05) is 12.4 Å². The van der Waals surface area contributed by atoms with E-state index in [9.17, 15) is 4.79 Å². The Morgan fingerprint density at radius 2 is 1.96 bits per heavy atom. The Morgan fingerprint density at radius 1 is 1.19 bits per heavy atom. The van der Waals surface area contributed by atoms with Gasteiger partial charge in [-0.25, -0.2) is 9.97 Å². The normalized spacial score (nSPS) is 10.4. The Kier molecular flexibility index (Phi) is 5.48. The maximum Gasteiger partial charge on any atom is 0.263 e. The van der Waals surface area contributed by atoms with Gasteiger partial charge in [-0.3, -0.25) is 4.79 Å². The third kappa shape index (κ3) is 4.37. The molecule has 7 heteroatoms. The molecule has 1 amide bonds. The Morgan fingerprint density at radius 3 is 2.65 bits per heavy atom. The topological polar surface area (TPSA) is 76.1 Å². The summed E-state index contributed by atoms with van der Waals surface area (Å²) in [6.07, 6.45) is 1.74. The molecule has 0 spiro atoms. The van der Waals surface area contributed by atoms with Crippen LogP contribution in [0, 0.1) is 13.8 Å². The number of thiazole rings is 1. The number of carbonyl (C=O) groups excluding carboxylic acids is 1. The van der Waals surface area contributed by atoms with Gasteiger partial charge in [0.05, 0.1) is 12.8 Å². The summed E-state index contributed by atoms with van der Waals surface area (Å²) < 4.78 is 5.13. The number of nitrogens with one attached hydrogen (secondary N) is 2. The van der Waals surface area contributed by atoms with Crippen LogP contribution < -0.4 is 15.4 Å². The summed E-state index contributed by atoms with van der Waals surface area (Å²) in [4.78, 5) is 21.7. The molecular formula is C19H20N4O2S. The van der Waals surface area contributed by atoms with Crippen molar-refractivity contribution in [3.63, 3.8) is 0 Å². The third-order valence-electron chi connectivity index (χ3n) is 3.77. The fourth-order valence-electron chi connectivity index (χ4n) is 2.38. The molecule has 0 radical (unpaired) electrons. The van der Waals surface area contributed by atoms with Crippen LogP contribution in [-0.4, -0.2) is 23.0 Å². The van der Waals surface area contributed by atoms with Gasteiger partial charge in [-0.05, 0) is 49.2 Å². The zero-order chi connectivity index (χ0) is 18.5. The second kappa shape index (κ2) is 7.97. The van der Waals surface area contributed by atoms with Gasteiger partial charge in [0.15, 0.2) is 5.13 Å².